The third-order valence-corrected chi connectivity index (χ3v) is 6.19. The number of halogens is 1. The van der Waals surface area contributed by atoms with Gasteiger partial charge in [-0.05, 0) is 49.3 Å². The van der Waals surface area contributed by atoms with Crippen LogP contribution < -0.4 is 16.5 Å². The van der Waals surface area contributed by atoms with E-state index in [4.69, 9.17) is 9.57 Å². The first kappa shape index (κ1) is 21.1. The van der Waals surface area contributed by atoms with Crippen LogP contribution in [0.2, 0.25) is 0 Å². The van der Waals surface area contributed by atoms with Gasteiger partial charge in [-0.2, -0.15) is 0 Å². The number of rotatable bonds is 4. The van der Waals surface area contributed by atoms with Gasteiger partial charge in [0, 0.05) is 13.3 Å². The Balaban J connectivity index is 1.55. The molecule has 2 aromatic heterocycles. The zero-order valence-electron chi connectivity index (χ0n) is 18.5. The minimum Gasteiger partial charge on any atom is -0.391 e. The lowest BCUT2D eigenvalue weighted by Gasteiger charge is -2.31. The SMILES string of the molecule is COC1C=C(/C=c2\[nH]c(=O)n3c2=NOCC3(C)c2ccc(F)cc2)C=CC1n1cnc(C)c1. The van der Waals surface area contributed by atoms with Gasteiger partial charge in [0.15, 0.2) is 0 Å². The van der Waals surface area contributed by atoms with Crippen molar-refractivity contribution in [2.24, 2.45) is 5.16 Å². The summed E-state index contributed by atoms with van der Waals surface area (Å²) in [5.41, 5.74) is 1.79. The normalized spacial score (nSPS) is 24.7. The van der Waals surface area contributed by atoms with Crippen LogP contribution in [0, 0.1) is 12.7 Å². The van der Waals surface area contributed by atoms with E-state index in [-0.39, 0.29) is 30.3 Å². The zero-order valence-corrected chi connectivity index (χ0v) is 18.5. The first-order valence-corrected chi connectivity index (χ1v) is 10.6. The van der Waals surface area contributed by atoms with Crippen LogP contribution in [0.3, 0.4) is 0 Å². The molecule has 0 spiro atoms. The van der Waals surface area contributed by atoms with E-state index in [0.717, 1.165) is 16.8 Å². The minimum atomic E-state index is -0.833. The molecule has 8 nitrogen and oxygen atoms in total. The van der Waals surface area contributed by atoms with E-state index in [9.17, 15) is 9.18 Å². The number of nitrogens with zero attached hydrogens (tertiary/aromatic N) is 4. The summed E-state index contributed by atoms with van der Waals surface area (Å²) in [7, 11) is 1.66. The second-order valence-corrected chi connectivity index (χ2v) is 8.47. The highest BCUT2D eigenvalue weighted by atomic mass is 19.1. The number of aromatic amines is 1. The fraction of sp³-hybridized carbons (Fsp3) is 0.292. The van der Waals surface area contributed by atoms with Crippen molar-refractivity contribution in [1.82, 2.24) is 19.1 Å². The summed E-state index contributed by atoms with van der Waals surface area (Å²) in [5, 5.41) is 4.68. The van der Waals surface area contributed by atoms with Crippen molar-refractivity contribution < 1.29 is 14.0 Å². The van der Waals surface area contributed by atoms with Crippen LogP contribution in [-0.4, -0.2) is 38.9 Å². The summed E-state index contributed by atoms with van der Waals surface area (Å²) in [6, 6.07) is 6.04. The summed E-state index contributed by atoms with van der Waals surface area (Å²) in [6.45, 7) is 3.97. The van der Waals surface area contributed by atoms with Gasteiger partial charge in [0.25, 0.3) is 0 Å². The van der Waals surface area contributed by atoms with E-state index >= 15 is 0 Å². The molecule has 3 heterocycles. The molecule has 0 saturated heterocycles. The molecule has 0 fully saturated rings. The number of nitrogens with one attached hydrogen (secondary N) is 1. The Hall–Kier alpha value is -3.72. The summed E-state index contributed by atoms with van der Waals surface area (Å²) in [5.74, 6) is -0.340. The van der Waals surface area contributed by atoms with Gasteiger partial charge in [-0.1, -0.05) is 29.4 Å². The molecule has 2 aliphatic rings. The van der Waals surface area contributed by atoms with Crippen LogP contribution in [0.5, 0.6) is 0 Å². The average molecular weight is 449 g/mol. The predicted molar refractivity (Wildman–Crippen MR) is 119 cm³/mol. The van der Waals surface area contributed by atoms with Crippen molar-refractivity contribution >= 4 is 6.08 Å². The molecular weight excluding hydrogens is 425 g/mol. The van der Waals surface area contributed by atoms with Crippen LogP contribution in [0.15, 0.2) is 70.5 Å². The van der Waals surface area contributed by atoms with Gasteiger partial charge in [0.05, 0.1) is 23.4 Å². The molecule has 0 radical (unpaired) electrons. The third kappa shape index (κ3) is 3.64. The van der Waals surface area contributed by atoms with Crippen LogP contribution in [0.4, 0.5) is 4.39 Å². The minimum absolute atomic E-state index is 0.0230. The van der Waals surface area contributed by atoms with Crippen LogP contribution in [-0.2, 0) is 15.1 Å². The van der Waals surface area contributed by atoms with Crippen molar-refractivity contribution in [2.45, 2.75) is 31.5 Å². The Morgan fingerprint density at radius 2 is 2.12 bits per heavy atom. The highest BCUT2D eigenvalue weighted by molar-refractivity contribution is 5.54. The molecule has 3 atom stereocenters. The number of aryl methyl sites for hydroxylation is 1. The third-order valence-electron chi connectivity index (χ3n) is 6.19. The lowest BCUT2D eigenvalue weighted by atomic mass is 9.92. The first-order valence-electron chi connectivity index (χ1n) is 10.6. The molecule has 1 aliphatic carbocycles. The second-order valence-electron chi connectivity index (χ2n) is 8.47. The maximum Gasteiger partial charge on any atom is 0.328 e. The Bertz CT molecular complexity index is 1430. The molecule has 33 heavy (non-hydrogen) atoms. The standard InChI is InChI=1S/C24H24FN5O3/c1-15-12-29(14-26-15)20-9-4-16(11-21(20)32-3)10-19-22-28-33-13-24(2,30(22)23(31)27-19)17-5-7-18(25)8-6-17/h4-12,14,20-21H,13H2,1-3H3,(H,27,31)/b19-10-. The summed E-state index contributed by atoms with van der Waals surface area (Å²) in [4.78, 5) is 25.7. The monoisotopic (exact) mass is 449 g/mol. The molecule has 5 rings (SSSR count). The Kier molecular flexibility index (Phi) is 5.13. The molecular formula is C24H24FN5O3. The van der Waals surface area contributed by atoms with Gasteiger partial charge in [-0.25, -0.2) is 14.2 Å². The van der Waals surface area contributed by atoms with E-state index in [1.807, 2.05) is 48.9 Å². The molecule has 170 valence electrons. The van der Waals surface area contributed by atoms with E-state index in [0.29, 0.717) is 10.8 Å². The Morgan fingerprint density at radius 3 is 2.82 bits per heavy atom. The molecule has 1 aliphatic heterocycles. The van der Waals surface area contributed by atoms with E-state index in [1.54, 1.807) is 30.1 Å². The smallest absolute Gasteiger partial charge is 0.328 e. The molecule has 9 heteroatoms. The quantitative estimate of drug-likeness (QED) is 0.657. The van der Waals surface area contributed by atoms with Crippen LogP contribution in [0.1, 0.15) is 24.2 Å². The van der Waals surface area contributed by atoms with Gasteiger partial charge in [0.2, 0.25) is 5.49 Å². The number of allylic oxidation sites excluding steroid dienone is 2. The maximum absolute atomic E-state index is 13.5. The van der Waals surface area contributed by atoms with Crippen molar-refractivity contribution in [3.63, 3.8) is 0 Å². The van der Waals surface area contributed by atoms with Crippen molar-refractivity contribution in [3.8, 4) is 0 Å². The number of methoxy groups -OCH3 is 1. The topological polar surface area (TPSA) is 86.4 Å². The van der Waals surface area contributed by atoms with E-state index in [2.05, 4.69) is 15.1 Å². The van der Waals surface area contributed by atoms with Crippen molar-refractivity contribution in [3.05, 3.63) is 99.0 Å². The number of ether oxygens (including phenoxy) is 1. The number of benzene rings is 1. The number of hydrogen-bond donors (Lipinski definition) is 1. The van der Waals surface area contributed by atoms with E-state index < -0.39 is 5.54 Å². The van der Waals surface area contributed by atoms with Gasteiger partial charge in [-0.15, -0.1) is 0 Å². The number of imidazole rings is 2. The van der Waals surface area contributed by atoms with Crippen LogP contribution in [0.25, 0.3) is 6.08 Å². The molecule has 0 amide bonds. The van der Waals surface area contributed by atoms with Gasteiger partial charge in [0.1, 0.15) is 24.1 Å². The largest absolute Gasteiger partial charge is 0.391 e. The molecule has 3 aromatic rings. The fourth-order valence-electron chi connectivity index (χ4n) is 4.40. The number of fused-ring (bicyclic) bond motifs is 1. The summed E-state index contributed by atoms with van der Waals surface area (Å²) < 4.78 is 22.7. The highest BCUT2D eigenvalue weighted by Gasteiger charge is 2.36. The highest BCUT2D eigenvalue weighted by Crippen LogP contribution is 2.26. The first-order chi connectivity index (χ1) is 15.9. The Labute approximate surface area is 189 Å². The van der Waals surface area contributed by atoms with Gasteiger partial charge >= 0.3 is 5.69 Å². The Morgan fingerprint density at radius 1 is 1.33 bits per heavy atom. The molecule has 1 aromatic carbocycles. The van der Waals surface area contributed by atoms with Crippen molar-refractivity contribution in [2.75, 3.05) is 13.7 Å². The molecule has 0 bridgehead atoms. The number of H-pyrrole nitrogens is 1. The lowest BCUT2D eigenvalue weighted by Crippen LogP contribution is -2.52. The predicted octanol–water partition coefficient (Wildman–Crippen LogP) is 1.68. The van der Waals surface area contributed by atoms with Crippen LogP contribution >= 0.6 is 0 Å². The second kappa shape index (κ2) is 8.00. The van der Waals surface area contributed by atoms with E-state index in [1.165, 1.54) is 12.1 Å². The fourth-order valence-corrected chi connectivity index (χ4v) is 4.40. The lowest BCUT2D eigenvalue weighted by molar-refractivity contribution is 0.0439. The summed E-state index contributed by atoms with van der Waals surface area (Å²) >= 11 is 0. The van der Waals surface area contributed by atoms with Gasteiger partial charge in [-0.3, -0.25) is 4.57 Å². The molecule has 1 N–H and O–H groups in total. The number of aromatic nitrogens is 4. The van der Waals surface area contributed by atoms with Crippen molar-refractivity contribution in [1.29, 1.82) is 0 Å². The average Bonchev–Trinajstić information content (AvgIpc) is 3.38. The molecule has 0 saturated carbocycles. The zero-order chi connectivity index (χ0) is 23.2. The number of hydrogen-bond acceptors (Lipinski definition) is 5. The summed E-state index contributed by atoms with van der Waals surface area (Å²) in [6.07, 6.45) is 11.4. The van der Waals surface area contributed by atoms with Gasteiger partial charge < -0.3 is 19.1 Å². The maximum atomic E-state index is 13.5. The molecule has 3 unspecified atom stereocenters.